The standard InChI is InChI=1S/C26H22N6O2/c1-18-7-2-3-10-21(18)23-16-25(31-17-28-22-11-4-5-12-24(22)31)30-26(29-23)27-14-13-19-8-6-9-20(15-19)32(33)34/h2-12,15-17H,13-14H2,1H3,(H,27,29,30). The number of fused-ring (bicyclic) bond motifs is 1. The van der Waals surface area contributed by atoms with Gasteiger partial charge in [0.2, 0.25) is 5.95 Å². The van der Waals surface area contributed by atoms with Crippen LogP contribution in [0.5, 0.6) is 0 Å². The lowest BCUT2D eigenvalue weighted by atomic mass is 10.1. The quantitative estimate of drug-likeness (QED) is 0.265. The Morgan fingerprint density at radius 3 is 2.65 bits per heavy atom. The minimum Gasteiger partial charge on any atom is -0.354 e. The van der Waals surface area contributed by atoms with E-state index in [-0.39, 0.29) is 10.6 Å². The summed E-state index contributed by atoms with van der Waals surface area (Å²) in [6.07, 6.45) is 2.37. The molecule has 0 aliphatic rings. The van der Waals surface area contributed by atoms with Crippen LogP contribution in [0, 0.1) is 17.0 Å². The topological polar surface area (TPSA) is 98.8 Å². The van der Waals surface area contributed by atoms with Crippen molar-refractivity contribution in [2.24, 2.45) is 0 Å². The molecule has 0 spiro atoms. The highest BCUT2D eigenvalue weighted by Crippen LogP contribution is 2.26. The van der Waals surface area contributed by atoms with Crippen molar-refractivity contribution in [1.29, 1.82) is 0 Å². The second-order valence-corrected chi connectivity index (χ2v) is 7.96. The maximum Gasteiger partial charge on any atom is 0.269 e. The van der Waals surface area contributed by atoms with Crippen LogP contribution in [0.25, 0.3) is 28.1 Å². The lowest BCUT2D eigenvalue weighted by Gasteiger charge is -2.12. The molecule has 168 valence electrons. The van der Waals surface area contributed by atoms with E-state index in [1.54, 1.807) is 18.5 Å². The van der Waals surface area contributed by atoms with Gasteiger partial charge in [0, 0.05) is 30.3 Å². The Kier molecular flexibility index (Phi) is 5.70. The fourth-order valence-electron chi connectivity index (χ4n) is 3.92. The van der Waals surface area contributed by atoms with Crippen LogP contribution in [0.1, 0.15) is 11.1 Å². The van der Waals surface area contributed by atoms with E-state index < -0.39 is 0 Å². The third kappa shape index (κ3) is 4.33. The molecule has 0 unspecified atom stereocenters. The summed E-state index contributed by atoms with van der Waals surface area (Å²) in [5.41, 5.74) is 5.75. The van der Waals surface area contributed by atoms with Crippen LogP contribution in [0.15, 0.2) is 85.2 Å². The van der Waals surface area contributed by atoms with Gasteiger partial charge in [0.25, 0.3) is 5.69 Å². The third-order valence-corrected chi connectivity index (χ3v) is 5.65. The normalized spacial score (nSPS) is 11.0. The molecule has 0 bridgehead atoms. The van der Waals surface area contributed by atoms with Crippen molar-refractivity contribution in [1.82, 2.24) is 19.5 Å². The summed E-state index contributed by atoms with van der Waals surface area (Å²) in [5, 5.41) is 14.3. The number of para-hydroxylation sites is 2. The first kappa shape index (κ1) is 21.3. The van der Waals surface area contributed by atoms with Crippen molar-refractivity contribution >= 4 is 22.7 Å². The Hall–Kier alpha value is -4.59. The van der Waals surface area contributed by atoms with Crippen LogP contribution in [0.2, 0.25) is 0 Å². The molecule has 2 heterocycles. The zero-order chi connectivity index (χ0) is 23.5. The zero-order valence-corrected chi connectivity index (χ0v) is 18.5. The molecular formula is C26H22N6O2. The van der Waals surface area contributed by atoms with E-state index in [0.29, 0.717) is 24.7 Å². The minimum atomic E-state index is -0.382. The maximum atomic E-state index is 11.1. The fourth-order valence-corrected chi connectivity index (χ4v) is 3.92. The lowest BCUT2D eigenvalue weighted by Crippen LogP contribution is -2.10. The Labute approximate surface area is 196 Å². The average Bonchev–Trinajstić information content (AvgIpc) is 3.29. The van der Waals surface area contributed by atoms with Crippen molar-refractivity contribution in [2.45, 2.75) is 13.3 Å². The number of hydrogen-bond acceptors (Lipinski definition) is 6. The maximum absolute atomic E-state index is 11.1. The minimum absolute atomic E-state index is 0.0876. The highest BCUT2D eigenvalue weighted by atomic mass is 16.6. The van der Waals surface area contributed by atoms with Gasteiger partial charge in [-0.25, -0.2) is 9.97 Å². The highest BCUT2D eigenvalue weighted by molar-refractivity contribution is 5.77. The molecule has 0 atom stereocenters. The first-order valence-electron chi connectivity index (χ1n) is 10.9. The summed E-state index contributed by atoms with van der Waals surface area (Å²) in [6, 6.07) is 24.6. The summed E-state index contributed by atoms with van der Waals surface area (Å²) < 4.78 is 1.95. The molecule has 0 saturated carbocycles. The molecule has 5 rings (SSSR count). The highest BCUT2D eigenvalue weighted by Gasteiger charge is 2.12. The van der Waals surface area contributed by atoms with Crippen LogP contribution in [-0.2, 0) is 6.42 Å². The van der Waals surface area contributed by atoms with E-state index in [4.69, 9.17) is 9.97 Å². The molecule has 0 saturated heterocycles. The molecule has 0 aliphatic heterocycles. The van der Waals surface area contributed by atoms with E-state index in [2.05, 4.69) is 23.3 Å². The van der Waals surface area contributed by atoms with Crippen LogP contribution in [0.3, 0.4) is 0 Å². The predicted octanol–water partition coefficient (Wildman–Crippen LogP) is 5.35. The summed E-state index contributed by atoms with van der Waals surface area (Å²) in [4.78, 5) is 24.7. The van der Waals surface area contributed by atoms with E-state index >= 15 is 0 Å². The third-order valence-electron chi connectivity index (χ3n) is 5.65. The number of benzene rings is 3. The first-order valence-corrected chi connectivity index (χ1v) is 10.9. The number of aryl methyl sites for hydroxylation is 1. The number of aromatic nitrogens is 4. The number of anilines is 1. The van der Waals surface area contributed by atoms with Gasteiger partial charge >= 0.3 is 0 Å². The molecular weight excluding hydrogens is 428 g/mol. The van der Waals surface area contributed by atoms with Gasteiger partial charge in [-0.3, -0.25) is 14.7 Å². The number of hydrogen-bond donors (Lipinski definition) is 1. The van der Waals surface area contributed by atoms with Crippen LogP contribution < -0.4 is 5.32 Å². The first-order chi connectivity index (χ1) is 16.6. The van der Waals surface area contributed by atoms with Gasteiger partial charge in [0.05, 0.1) is 21.7 Å². The van der Waals surface area contributed by atoms with Crippen LogP contribution in [0.4, 0.5) is 11.6 Å². The number of non-ortho nitro benzene ring substituents is 1. The lowest BCUT2D eigenvalue weighted by molar-refractivity contribution is -0.384. The van der Waals surface area contributed by atoms with Gasteiger partial charge in [-0.1, -0.05) is 48.5 Å². The molecule has 5 aromatic rings. The summed E-state index contributed by atoms with van der Waals surface area (Å²) in [7, 11) is 0. The predicted molar refractivity (Wildman–Crippen MR) is 132 cm³/mol. The SMILES string of the molecule is Cc1ccccc1-c1cc(-n2cnc3ccccc32)nc(NCCc2cccc([N+](=O)[O-])c2)n1. The Balaban J connectivity index is 1.48. The Morgan fingerprint density at radius 2 is 1.79 bits per heavy atom. The molecule has 2 aromatic heterocycles. The molecule has 3 aromatic carbocycles. The van der Waals surface area contributed by atoms with Gasteiger partial charge in [-0.05, 0) is 36.6 Å². The molecule has 34 heavy (non-hydrogen) atoms. The van der Waals surface area contributed by atoms with E-state index in [1.165, 1.54) is 6.07 Å². The van der Waals surface area contributed by atoms with Gasteiger partial charge < -0.3 is 5.32 Å². The van der Waals surface area contributed by atoms with E-state index in [1.807, 2.05) is 59.2 Å². The van der Waals surface area contributed by atoms with E-state index in [0.717, 1.165) is 33.4 Å². The van der Waals surface area contributed by atoms with Crippen molar-refractivity contribution < 1.29 is 4.92 Å². The number of imidazole rings is 1. The number of nitro groups is 1. The number of nitro benzene ring substituents is 1. The van der Waals surface area contributed by atoms with Gasteiger partial charge in [0.1, 0.15) is 12.1 Å². The monoisotopic (exact) mass is 450 g/mol. The fraction of sp³-hybridized carbons (Fsp3) is 0.115. The smallest absolute Gasteiger partial charge is 0.269 e. The van der Waals surface area contributed by atoms with Crippen LogP contribution in [-0.4, -0.2) is 31.0 Å². The van der Waals surface area contributed by atoms with Gasteiger partial charge in [0.15, 0.2) is 0 Å². The largest absolute Gasteiger partial charge is 0.354 e. The molecule has 0 amide bonds. The number of rotatable bonds is 7. The average molecular weight is 451 g/mol. The van der Waals surface area contributed by atoms with Crippen molar-refractivity contribution in [3.8, 4) is 17.1 Å². The summed E-state index contributed by atoms with van der Waals surface area (Å²) in [6.45, 7) is 2.58. The molecule has 8 heteroatoms. The van der Waals surface area contributed by atoms with Gasteiger partial charge in [-0.15, -0.1) is 0 Å². The number of nitrogens with one attached hydrogen (secondary N) is 1. The molecule has 8 nitrogen and oxygen atoms in total. The molecule has 0 aliphatic carbocycles. The zero-order valence-electron chi connectivity index (χ0n) is 18.5. The summed E-state index contributed by atoms with van der Waals surface area (Å²) in [5.74, 6) is 1.19. The summed E-state index contributed by atoms with van der Waals surface area (Å²) >= 11 is 0. The van der Waals surface area contributed by atoms with Crippen LogP contribution >= 0.6 is 0 Å². The van der Waals surface area contributed by atoms with E-state index in [9.17, 15) is 10.1 Å². The molecule has 0 radical (unpaired) electrons. The number of nitrogens with zero attached hydrogens (tertiary/aromatic N) is 5. The van der Waals surface area contributed by atoms with Crippen molar-refractivity contribution in [3.63, 3.8) is 0 Å². The molecule has 0 fully saturated rings. The second kappa shape index (κ2) is 9.11. The Morgan fingerprint density at radius 1 is 0.971 bits per heavy atom. The Bertz CT molecular complexity index is 1490. The molecule has 1 N–H and O–H groups in total. The van der Waals surface area contributed by atoms with Crippen molar-refractivity contribution in [3.05, 3.63) is 106 Å². The van der Waals surface area contributed by atoms with Gasteiger partial charge in [-0.2, -0.15) is 4.98 Å². The van der Waals surface area contributed by atoms with Crippen molar-refractivity contribution in [2.75, 3.05) is 11.9 Å². The second-order valence-electron chi connectivity index (χ2n) is 7.96.